The van der Waals surface area contributed by atoms with Crippen LogP contribution in [0.3, 0.4) is 0 Å². The van der Waals surface area contributed by atoms with Gasteiger partial charge < -0.3 is 5.32 Å². The van der Waals surface area contributed by atoms with Crippen LogP contribution in [0.2, 0.25) is 0 Å². The van der Waals surface area contributed by atoms with Crippen LogP contribution < -0.4 is 10.0 Å². The standard InChI is InChI=1S/C18H20N4O3S3/c23-17(14-7-2-5-9-19-14)15-13-21-18(27-15)20-10-3-1-4-11-22-28(24,25)16-8-6-12-26-16/h2,5-9,12-13,22H,1,3-4,10-11H2,(H,20,21). The van der Waals surface area contributed by atoms with E-state index in [1.54, 1.807) is 48.1 Å². The molecule has 28 heavy (non-hydrogen) atoms. The molecule has 0 radical (unpaired) electrons. The van der Waals surface area contributed by atoms with E-state index in [4.69, 9.17) is 0 Å². The zero-order valence-corrected chi connectivity index (χ0v) is 17.4. The lowest BCUT2D eigenvalue weighted by Gasteiger charge is -2.05. The summed E-state index contributed by atoms with van der Waals surface area (Å²) < 4.78 is 26.9. The van der Waals surface area contributed by atoms with Gasteiger partial charge in [0.15, 0.2) is 5.13 Å². The lowest BCUT2D eigenvalue weighted by molar-refractivity contribution is 0.103. The largest absolute Gasteiger partial charge is 0.362 e. The summed E-state index contributed by atoms with van der Waals surface area (Å²) in [6.45, 7) is 1.13. The summed E-state index contributed by atoms with van der Waals surface area (Å²) in [5.74, 6) is -0.135. The third-order valence-corrected chi connectivity index (χ3v) is 7.62. The molecule has 10 heteroatoms. The summed E-state index contributed by atoms with van der Waals surface area (Å²) in [6, 6.07) is 8.54. The minimum Gasteiger partial charge on any atom is -0.362 e. The minimum atomic E-state index is -3.37. The van der Waals surface area contributed by atoms with Crippen LogP contribution in [0.1, 0.15) is 34.6 Å². The van der Waals surface area contributed by atoms with Gasteiger partial charge in [-0.15, -0.1) is 11.3 Å². The van der Waals surface area contributed by atoms with Crippen LogP contribution in [-0.4, -0.2) is 37.3 Å². The first kappa shape index (κ1) is 20.6. The van der Waals surface area contributed by atoms with Crippen molar-refractivity contribution >= 4 is 43.6 Å². The highest BCUT2D eigenvalue weighted by Crippen LogP contribution is 2.20. The molecule has 0 aromatic carbocycles. The molecule has 0 unspecified atom stereocenters. The van der Waals surface area contributed by atoms with Crippen LogP contribution in [-0.2, 0) is 10.0 Å². The Morgan fingerprint density at radius 1 is 1.04 bits per heavy atom. The van der Waals surface area contributed by atoms with E-state index >= 15 is 0 Å². The fourth-order valence-corrected chi connectivity index (χ4v) is 5.30. The molecule has 2 N–H and O–H groups in total. The van der Waals surface area contributed by atoms with E-state index in [-0.39, 0.29) is 5.78 Å². The van der Waals surface area contributed by atoms with Crippen molar-refractivity contribution < 1.29 is 13.2 Å². The van der Waals surface area contributed by atoms with Crippen molar-refractivity contribution in [2.45, 2.75) is 23.5 Å². The molecule has 7 nitrogen and oxygen atoms in total. The van der Waals surface area contributed by atoms with E-state index in [0.29, 0.717) is 33.0 Å². The van der Waals surface area contributed by atoms with E-state index in [9.17, 15) is 13.2 Å². The maximum Gasteiger partial charge on any atom is 0.250 e. The quantitative estimate of drug-likeness (QED) is 0.353. The zero-order valence-electron chi connectivity index (χ0n) is 15.0. The number of carbonyl (C=O) groups excluding carboxylic acids is 1. The highest BCUT2D eigenvalue weighted by molar-refractivity contribution is 7.91. The van der Waals surface area contributed by atoms with Gasteiger partial charge in [-0.1, -0.05) is 29.9 Å². The van der Waals surface area contributed by atoms with E-state index < -0.39 is 10.0 Å². The number of aromatic nitrogens is 2. The first-order chi connectivity index (χ1) is 13.6. The van der Waals surface area contributed by atoms with Crippen LogP contribution in [0, 0.1) is 0 Å². The molecular weight excluding hydrogens is 416 g/mol. The summed E-state index contributed by atoms with van der Waals surface area (Å²) in [5.41, 5.74) is 0.405. The molecule has 0 saturated heterocycles. The number of unbranched alkanes of at least 4 members (excludes halogenated alkanes) is 2. The topological polar surface area (TPSA) is 101 Å². The number of hydrogen-bond donors (Lipinski definition) is 2. The highest BCUT2D eigenvalue weighted by Gasteiger charge is 2.14. The van der Waals surface area contributed by atoms with Crippen molar-refractivity contribution in [2.24, 2.45) is 0 Å². The smallest absolute Gasteiger partial charge is 0.250 e. The van der Waals surface area contributed by atoms with Crippen LogP contribution in [0.4, 0.5) is 5.13 Å². The number of rotatable bonds is 11. The molecule has 3 aromatic rings. The van der Waals surface area contributed by atoms with Crippen molar-refractivity contribution in [1.29, 1.82) is 0 Å². The molecule has 0 amide bonds. The zero-order chi connectivity index (χ0) is 19.8. The molecule has 3 rings (SSSR count). The number of hydrogen-bond acceptors (Lipinski definition) is 8. The molecule has 0 fully saturated rings. The number of thiazole rings is 1. The fourth-order valence-electron chi connectivity index (χ4n) is 2.40. The lowest BCUT2D eigenvalue weighted by atomic mass is 10.2. The number of nitrogens with zero attached hydrogens (tertiary/aromatic N) is 2. The maximum absolute atomic E-state index is 12.3. The highest BCUT2D eigenvalue weighted by atomic mass is 32.2. The van der Waals surface area contributed by atoms with Gasteiger partial charge in [0, 0.05) is 19.3 Å². The molecule has 0 saturated carbocycles. The Bertz CT molecular complexity index is 986. The van der Waals surface area contributed by atoms with Gasteiger partial charge >= 0.3 is 0 Å². The second-order valence-electron chi connectivity index (χ2n) is 5.89. The minimum absolute atomic E-state index is 0.135. The molecule has 148 valence electrons. The normalized spacial score (nSPS) is 11.4. The predicted molar refractivity (Wildman–Crippen MR) is 112 cm³/mol. The van der Waals surface area contributed by atoms with Crippen LogP contribution in [0.25, 0.3) is 0 Å². The van der Waals surface area contributed by atoms with Crippen molar-refractivity contribution in [3.63, 3.8) is 0 Å². The van der Waals surface area contributed by atoms with E-state index in [2.05, 4.69) is 20.0 Å². The van der Waals surface area contributed by atoms with Gasteiger partial charge in [-0.2, -0.15) is 0 Å². The second kappa shape index (κ2) is 9.87. The summed E-state index contributed by atoms with van der Waals surface area (Å²) in [6.07, 6.45) is 5.67. The van der Waals surface area contributed by atoms with Gasteiger partial charge in [0.05, 0.1) is 11.1 Å². The Hall–Kier alpha value is -2.14. The van der Waals surface area contributed by atoms with Crippen molar-refractivity contribution in [3.8, 4) is 0 Å². The van der Waals surface area contributed by atoms with Crippen LogP contribution in [0.15, 0.2) is 52.3 Å². The average molecular weight is 437 g/mol. The van der Waals surface area contributed by atoms with Crippen molar-refractivity contribution in [1.82, 2.24) is 14.7 Å². The monoisotopic (exact) mass is 436 g/mol. The van der Waals surface area contributed by atoms with Crippen LogP contribution >= 0.6 is 22.7 Å². The first-order valence-corrected chi connectivity index (χ1v) is 11.9. The number of thiophene rings is 1. The first-order valence-electron chi connectivity index (χ1n) is 8.75. The Morgan fingerprint density at radius 2 is 1.89 bits per heavy atom. The van der Waals surface area contributed by atoms with E-state index in [1.165, 1.54) is 22.7 Å². The second-order valence-corrected chi connectivity index (χ2v) is 9.86. The molecule has 3 heterocycles. The number of nitrogens with one attached hydrogen (secondary N) is 2. The van der Waals surface area contributed by atoms with Gasteiger partial charge in [-0.05, 0) is 36.4 Å². The molecule has 0 aliphatic heterocycles. The summed E-state index contributed by atoms with van der Waals surface area (Å²) in [7, 11) is -3.37. The number of anilines is 1. The summed E-state index contributed by atoms with van der Waals surface area (Å²) >= 11 is 2.51. The van der Waals surface area contributed by atoms with Gasteiger partial charge in [0.2, 0.25) is 15.8 Å². The number of pyridine rings is 1. The third-order valence-electron chi connectivity index (χ3n) is 3.81. The average Bonchev–Trinajstić information content (AvgIpc) is 3.40. The van der Waals surface area contributed by atoms with Crippen molar-refractivity contribution in [2.75, 3.05) is 18.4 Å². The Labute approximate surface area is 171 Å². The summed E-state index contributed by atoms with van der Waals surface area (Å²) in [5, 5.41) is 5.64. The van der Waals surface area contributed by atoms with Gasteiger partial charge in [-0.25, -0.2) is 18.1 Å². The molecule has 0 bridgehead atoms. The van der Waals surface area contributed by atoms with Crippen LogP contribution in [0.5, 0.6) is 0 Å². The van der Waals surface area contributed by atoms with Gasteiger partial charge in [0.1, 0.15) is 9.90 Å². The third kappa shape index (κ3) is 5.68. The maximum atomic E-state index is 12.3. The van der Waals surface area contributed by atoms with Gasteiger partial charge in [-0.3, -0.25) is 9.78 Å². The molecule has 0 aliphatic rings. The molecular formula is C18H20N4O3S3. The predicted octanol–water partition coefficient (Wildman–Crippen LogP) is 3.39. The lowest BCUT2D eigenvalue weighted by Crippen LogP contribution is -2.24. The Morgan fingerprint density at radius 3 is 2.64 bits per heavy atom. The van der Waals surface area contributed by atoms with Crippen molar-refractivity contribution in [3.05, 3.63) is 58.7 Å². The molecule has 0 atom stereocenters. The Balaban J connectivity index is 1.34. The SMILES string of the molecule is O=C(c1ccccn1)c1cnc(NCCCCCNS(=O)(=O)c2cccs2)s1. The fraction of sp³-hybridized carbons (Fsp3) is 0.278. The van der Waals surface area contributed by atoms with Gasteiger partial charge in [0.25, 0.3) is 0 Å². The van der Waals surface area contributed by atoms with E-state index in [1.807, 2.05) is 0 Å². The van der Waals surface area contributed by atoms with E-state index in [0.717, 1.165) is 19.3 Å². The Kier molecular flexibility index (Phi) is 7.26. The number of ketones is 1. The number of sulfonamides is 1. The molecule has 0 aliphatic carbocycles. The molecule has 3 aromatic heterocycles. The summed E-state index contributed by atoms with van der Waals surface area (Å²) in [4.78, 5) is 21.1. The molecule has 0 spiro atoms. The number of carbonyl (C=O) groups is 1.